The highest BCUT2D eigenvalue weighted by atomic mass is 32.1. The lowest BCUT2D eigenvalue weighted by molar-refractivity contribution is -0.121. The third-order valence-electron chi connectivity index (χ3n) is 3.36. The highest BCUT2D eigenvalue weighted by molar-refractivity contribution is 7.13. The summed E-state index contributed by atoms with van der Waals surface area (Å²) in [5, 5.41) is 5.33. The lowest BCUT2D eigenvalue weighted by Crippen LogP contribution is -2.45. The van der Waals surface area contributed by atoms with Gasteiger partial charge in [-0.2, -0.15) is 0 Å². The molecule has 1 amide bonds. The second-order valence-electron chi connectivity index (χ2n) is 4.51. The maximum Gasteiger partial charge on any atom is 0.243 e. The molecule has 0 saturated carbocycles. The Morgan fingerprint density at radius 3 is 3.11 bits per heavy atom. The molecule has 0 fully saturated rings. The third-order valence-corrected chi connectivity index (χ3v) is 4.05. The van der Waals surface area contributed by atoms with E-state index in [1.807, 2.05) is 18.5 Å². The first kappa shape index (κ1) is 12.3. The smallest absolute Gasteiger partial charge is 0.243 e. The molecule has 7 heteroatoms. The molecule has 0 aliphatic carbocycles. The average molecular weight is 277 g/mol. The fourth-order valence-electron chi connectivity index (χ4n) is 2.18. The SMILES string of the molecule is C[C@@H](C(=O)Nc1nccs1)N1CCn2ccnc2C1. The molecule has 0 bridgehead atoms. The lowest BCUT2D eigenvalue weighted by Gasteiger charge is -2.31. The molecule has 0 spiro atoms. The first-order valence-electron chi connectivity index (χ1n) is 6.18. The van der Waals surface area contributed by atoms with E-state index in [-0.39, 0.29) is 11.9 Å². The van der Waals surface area contributed by atoms with Crippen LogP contribution in [0, 0.1) is 0 Å². The molecular formula is C12H15N5OS. The van der Waals surface area contributed by atoms with Gasteiger partial charge >= 0.3 is 0 Å². The topological polar surface area (TPSA) is 63.1 Å². The number of nitrogens with one attached hydrogen (secondary N) is 1. The molecule has 1 aliphatic heterocycles. The van der Waals surface area contributed by atoms with E-state index in [0.717, 1.165) is 18.9 Å². The number of carbonyl (C=O) groups excluding carboxylic acids is 1. The fraction of sp³-hybridized carbons (Fsp3) is 0.417. The van der Waals surface area contributed by atoms with Crippen LogP contribution in [-0.2, 0) is 17.9 Å². The number of hydrogen-bond acceptors (Lipinski definition) is 5. The number of hydrogen-bond donors (Lipinski definition) is 1. The molecular weight excluding hydrogens is 262 g/mol. The van der Waals surface area contributed by atoms with Crippen molar-refractivity contribution in [3.05, 3.63) is 29.8 Å². The van der Waals surface area contributed by atoms with Crippen LogP contribution in [-0.4, -0.2) is 37.9 Å². The maximum atomic E-state index is 12.1. The zero-order chi connectivity index (χ0) is 13.2. The normalized spacial score (nSPS) is 16.9. The van der Waals surface area contributed by atoms with Gasteiger partial charge in [0.15, 0.2) is 5.13 Å². The number of amides is 1. The number of imidazole rings is 1. The van der Waals surface area contributed by atoms with Crippen molar-refractivity contribution >= 4 is 22.4 Å². The van der Waals surface area contributed by atoms with Gasteiger partial charge < -0.3 is 9.88 Å². The minimum absolute atomic E-state index is 0.0186. The predicted molar refractivity (Wildman–Crippen MR) is 72.8 cm³/mol. The average Bonchev–Trinajstić information content (AvgIpc) is 3.07. The van der Waals surface area contributed by atoms with Gasteiger partial charge in [-0.15, -0.1) is 11.3 Å². The van der Waals surface area contributed by atoms with Gasteiger partial charge in [-0.05, 0) is 6.92 Å². The number of rotatable bonds is 3. The summed E-state index contributed by atoms with van der Waals surface area (Å²) in [5.74, 6) is 0.995. The summed E-state index contributed by atoms with van der Waals surface area (Å²) >= 11 is 1.43. The monoisotopic (exact) mass is 277 g/mol. The van der Waals surface area contributed by atoms with E-state index in [4.69, 9.17) is 0 Å². The Balaban J connectivity index is 1.64. The summed E-state index contributed by atoms with van der Waals surface area (Å²) < 4.78 is 2.13. The highest BCUT2D eigenvalue weighted by Crippen LogP contribution is 2.16. The number of nitrogens with zero attached hydrogens (tertiary/aromatic N) is 4. The van der Waals surface area contributed by atoms with E-state index in [9.17, 15) is 4.79 Å². The van der Waals surface area contributed by atoms with E-state index in [1.165, 1.54) is 11.3 Å². The first-order valence-corrected chi connectivity index (χ1v) is 7.06. The molecule has 19 heavy (non-hydrogen) atoms. The molecule has 3 rings (SSSR count). The molecule has 0 saturated heterocycles. The van der Waals surface area contributed by atoms with Crippen molar-refractivity contribution < 1.29 is 4.79 Å². The summed E-state index contributed by atoms with van der Waals surface area (Å²) in [6.07, 6.45) is 5.47. The molecule has 2 aromatic heterocycles. The van der Waals surface area contributed by atoms with Crippen LogP contribution >= 0.6 is 11.3 Å². The Bertz CT molecular complexity index is 564. The van der Waals surface area contributed by atoms with E-state index in [0.29, 0.717) is 11.7 Å². The zero-order valence-electron chi connectivity index (χ0n) is 10.6. The Hall–Kier alpha value is -1.73. The van der Waals surface area contributed by atoms with Crippen LogP contribution in [0.3, 0.4) is 0 Å². The minimum Gasteiger partial charge on any atom is -0.333 e. The van der Waals surface area contributed by atoms with Gasteiger partial charge in [0.1, 0.15) is 5.82 Å². The van der Waals surface area contributed by atoms with Gasteiger partial charge in [0.25, 0.3) is 0 Å². The zero-order valence-corrected chi connectivity index (χ0v) is 11.4. The summed E-state index contributed by atoms with van der Waals surface area (Å²) in [6.45, 7) is 4.36. The van der Waals surface area contributed by atoms with Crippen molar-refractivity contribution in [1.29, 1.82) is 0 Å². The Kier molecular flexibility index (Phi) is 3.31. The van der Waals surface area contributed by atoms with Gasteiger partial charge in [0.2, 0.25) is 5.91 Å². The van der Waals surface area contributed by atoms with Gasteiger partial charge in [-0.25, -0.2) is 9.97 Å². The minimum atomic E-state index is -0.186. The van der Waals surface area contributed by atoms with Gasteiger partial charge in [0.05, 0.1) is 12.6 Å². The highest BCUT2D eigenvalue weighted by Gasteiger charge is 2.26. The number of carbonyl (C=O) groups is 1. The molecule has 1 aliphatic rings. The van der Waals surface area contributed by atoms with Gasteiger partial charge in [0, 0.05) is 37.1 Å². The summed E-state index contributed by atoms with van der Waals surface area (Å²) in [7, 11) is 0. The summed E-state index contributed by atoms with van der Waals surface area (Å²) in [6, 6.07) is -0.186. The van der Waals surface area contributed by atoms with E-state index >= 15 is 0 Å². The van der Waals surface area contributed by atoms with Crippen LogP contribution in [0.15, 0.2) is 24.0 Å². The largest absolute Gasteiger partial charge is 0.333 e. The number of anilines is 1. The molecule has 0 aromatic carbocycles. The molecule has 100 valence electrons. The van der Waals surface area contributed by atoms with Gasteiger partial charge in [-0.1, -0.05) is 0 Å². The van der Waals surface area contributed by atoms with Crippen molar-refractivity contribution in [3.63, 3.8) is 0 Å². The first-order chi connectivity index (χ1) is 9.24. The van der Waals surface area contributed by atoms with Crippen molar-refractivity contribution in [3.8, 4) is 0 Å². The molecule has 2 aromatic rings. The molecule has 3 heterocycles. The molecule has 0 unspecified atom stereocenters. The van der Waals surface area contributed by atoms with E-state index in [1.54, 1.807) is 12.4 Å². The Morgan fingerprint density at radius 1 is 1.42 bits per heavy atom. The molecule has 6 nitrogen and oxygen atoms in total. The predicted octanol–water partition coefficient (Wildman–Crippen LogP) is 1.18. The lowest BCUT2D eigenvalue weighted by atomic mass is 10.2. The number of aromatic nitrogens is 3. The van der Waals surface area contributed by atoms with Crippen LogP contribution in [0.2, 0.25) is 0 Å². The number of thiazole rings is 1. The molecule has 1 N–H and O–H groups in total. The van der Waals surface area contributed by atoms with Crippen LogP contribution < -0.4 is 5.32 Å². The summed E-state index contributed by atoms with van der Waals surface area (Å²) in [5.41, 5.74) is 0. The van der Waals surface area contributed by atoms with E-state index < -0.39 is 0 Å². The molecule has 1 atom stereocenters. The summed E-state index contributed by atoms with van der Waals surface area (Å²) in [4.78, 5) is 22.6. The Labute approximate surface area is 115 Å². The standard InChI is InChI=1S/C12H15N5OS/c1-9(11(18)15-12-14-3-7-19-12)17-6-5-16-4-2-13-10(16)8-17/h2-4,7,9H,5-6,8H2,1H3,(H,14,15,18)/t9-/m0/s1. The second kappa shape index (κ2) is 5.10. The van der Waals surface area contributed by atoms with Crippen LogP contribution in [0.1, 0.15) is 12.7 Å². The Morgan fingerprint density at radius 2 is 2.32 bits per heavy atom. The second-order valence-corrected chi connectivity index (χ2v) is 5.40. The van der Waals surface area contributed by atoms with Crippen LogP contribution in [0.25, 0.3) is 0 Å². The third kappa shape index (κ3) is 2.52. The maximum absolute atomic E-state index is 12.1. The quantitative estimate of drug-likeness (QED) is 0.915. The van der Waals surface area contributed by atoms with Crippen molar-refractivity contribution in [1.82, 2.24) is 19.4 Å². The van der Waals surface area contributed by atoms with Gasteiger partial charge in [-0.3, -0.25) is 9.69 Å². The van der Waals surface area contributed by atoms with Crippen LogP contribution in [0.5, 0.6) is 0 Å². The number of fused-ring (bicyclic) bond motifs is 1. The molecule has 0 radical (unpaired) electrons. The van der Waals surface area contributed by atoms with Crippen molar-refractivity contribution in [2.24, 2.45) is 0 Å². The van der Waals surface area contributed by atoms with Crippen LogP contribution in [0.4, 0.5) is 5.13 Å². The fourth-order valence-corrected chi connectivity index (χ4v) is 2.72. The van der Waals surface area contributed by atoms with Crippen molar-refractivity contribution in [2.75, 3.05) is 11.9 Å². The van der Waals surface area contributed by atoms with Crippen molar-refractivity contribution in [2.45, 2.75) is 26.1 Å². The van der Waals surface area contributed by atoms with E-state index in [2.05, 4.69) is 24.8 Å².